The van der Waals surface area contributed by atoms with Gasteiger partial charge in [-0.15, -0.1) is 0 Å². The van der Waals surface area contributed by atoms with Crippen LogP contribution in [-0.4, -0.2) is 43.1 Å². The van der Waals surface area contributed by atoms with Crippen LogP contribution >= 0.6 is 0 Å². The average Bonchev–Trinajstić information content (AvgIpc) is 2.41. The monoisotopic (exact) mass is 254 g/mol. The van der Waals surface area contributed by atoms with E-state index in [0.717, 1.165) is 19.5 Å². The lowest BCUT2D eigenvalue weighted by Crippen LogP contribution is -2.43. The molecule has 0 spiro atoms. The van der Waals surface area contributed by atoms with Crippen LogP contribution in [0.25, 0.3) is 0 Å². The minimum Gasteiger partial charge on any atom is -0.370 e. The predicted molar refractivity (Wildman–Crippen MR) is 78.9 cm³/mol. The van der Waals surface area contributed by atoms with Crippen molar-refractivity contribution in [2.45, 2.75) is 58.4 Å². The maximum atomic E-state index is 5.84. The van der Waals surface area contributed by atoms with Crippen LogP contribution in [0.15, 0.2) is 4.99 Å². The molecule has 0 radical (unpaired) electrons. The number of hydrogen-bond donors (Lipinski definition) is 2. The van der Waals surface area contributed by atoms with Crippen molar-refractivity contribution in [2.24, 2.45) is 10.7 Å². The number of guanidine groups is 1. The summed E-state index contributed by atoms with van der Waals surface area (Å²) in [6.07, 6.45) is 7.60. The van der Waals surface area contributed by atoms with Gasteiger partial charge in [-0.05, 0) is 38.8 Å². The van der Waals surface area contributed by atoms with E-state index in [0.29, 0.717) is 12.0 Å². The van der Waals surface area contributed by atoms with Crippen molar-refractivity contribution in [3.8, 4) is 0 Å². The summed E-state index contributed by atoms with van der Waals surface area (Å²) >= 11 is 0. The molecule has 18 heavy (non-hydrogen) atoms. The van der Waals surface area contributed by atoms with E-state index in [1.54, 1.807) is 0 Å². The average molecular weight is 254 g/mol. The van der Waals surface area contributed by atoms with Gasteiger partial charge in [0.1, 0.15) is 0 Å². The van der Waals surface area contributed by atoms with E-state index in [1.165, 1.54) is 45.2 Å². The molecule has 0 bridgehead atoms. The van der Waals surface area contributed by atoms with Gasteiger partial charge in [0, 0.05) is 12.6 Å². The summed E-state index contributed by atoms with van der Waals surface area (Å²) < 4.78 is 0. The second kappa shape index (κ2) is 9.20. The van der Waals surface area contributed by atoms with Gasteiger partial charge in [-0.3, -0.25) is 9.89 Å². The van der Waals surface area contributed by atoms with Crippen molar-refractivity contribution in [1.82, 2.24) is 10.2 Å². The third kappa shape index (κ3) is 5.71. The molecule has 1 aliphatic heterocycles. The van der Waals surface area contributed by atoms with Gasteiger partial charge in [-0.2, -0.15) is 0 Å². The second-order valence-electron chi connectivity index (χ2n) is 5.19. The van der Waals surface area contributed by atoms with Crippen molar-refractivity contribution in [2.75, 3.05) is 26.2 Å². The van der Waals surface area contributed by atoms with Crippen molar-refractivity contribution in [3.05, 3.63) is 0 Å². The van der Waals surface area contributed by atoms with E-state index in [1.807, 2.05) is 0 Å². The quantitative estimate of drug-likeness (QED) is 0.539. The lowest BCUT2D eigenvalue weighted by atomic mass is 10.0. The van der Waals surface area contributed by atoms with Gasteiger partial charge in [0.15, 0.2) is 5.96 Å². The fourth-order valence-electron chi connectivity index (χ4n) is 2.44. The Kier molecular flexibility index (Phi) is 7.81. The highest BCUT2D eigenvalue weighted by atomic mass is 15.2. The van der Waals surface area contributed by atoms with E-state index in [-0.39, 0.29) is 0 Å². The van der Waals surface area contributed by atoms with E-state index >= 15 is 0 Å². The molecule has 1 heterocycles. The zero-order valence-corrected chi connectivity index (χ0v) is 12.1. The zero-order valence-electron chi connectivity index (χ0n) is 12.1. The van der Waals surface area contributed by atoms with Gasteiger partial charge < -0.3 is 11.1 Å². The number of likely N-dealkylation sites (tertiary alicyclic amines) is 1. The summed E-state index contributed by atoms with van der Waals surface area (Å²) in [7, 11) is 0. The lowest BCUT2D eigenvalue weighted by Gasteiger charge is -2.34. The van der Waals surface area contributed by atoms with Gasteiger partial charge in [0.05, 0.1) is 6.54 Å². The summed E-state index contributed by atoms with van der Waals surface area (Å²) in [5.74, 6) is 0.609. The number of rotatable bonds is 7. The van der Waals surface area contributed by atoms with Crippen LogP contribution < -0.4 is 11.1 Å². The van der Waals surface area contributed by atoms with Crippen LogP contribution in [0.5, 0.6) is 0 Å². The highest BCUT2D eigenvalue weighted by Gasteiger charge is 2.21. The summed E-state index contributed by atoms with van der Waals surface area (Å²) in [4.78, 5) is 7.09. The Hall–Kier alpha value is -0.770. The highest BCUT2D eigenvalue weighted by molar-refractivity contribution is 5.77. The Morgan fingerprint density at radius 1 is 1.33 bits per heavy atom. The third-order valence-electron chi connectivity index (χ3n) is 3.58. The van der Waals surface area contributed by atoms with Gasteiger partial charge in [-0.1, -0.05) is 26.7 Å². The Balaban J connectivity index is 2.36. The maximum absolute atomic E-state index is 5.84. The normalized spacial score (nSPS) is 22.1. The summed E-state index contributed by atoms with van der Waals surface area (Å²) in [6, 6.07) is 0.604. The summed E-state index contributed by atoms with van der Waals surface area (Å²) in [6.45, 7) is 8.62. The van der Waals surface area contributed by atoms with Gasteiger partial charge in [0.2, 0.25) is 0 Å². The molecule has 106 valence electrons. The Morgan fingerprint density at radius 3 is 2.89 bits per heavy atom. The van der Waals surface area contributed by atoms with Gasteiger partial charge in [0.25, 0.3) is 0 Å². The molecule has 3 N–H and O–H groups in total. The number of aliphatic imine (C=N–C) groups is 1. The fraction of sp³-hybridized carbons (Fsp3) is 0.929. The molecule has 0 aromatic carbocycles. The fourth-order valence-corrected chi connectivity index (χ4v) is 2.44. The molecule has 0 amide bonds. The molecule has 0 aromatic rings. The molecule has 1 aliphatic rings. The smallest absolute Gasteiger partial charge is 0.188 e. The second-order valence-corrected chi connectivity index (χ2v) is 5.19. The van der Waals surface area contributed by atoms with E-state index in [2.05, 4.69) is 29.1 Å². The number of nitrogens with one attached hydrogen (secondary N) is 1. The first-order chi connectivity index (χ1) is 8.77. The number of nitrogens with two attached hydrogens (primary N) is 1. The topological polar surface area (TPSA) is 53.6 Å². The van der Waals surface area contributed by atoms with E-state index in [9.17, 15) is 0 Å². The minimum atomic E-state index is 0.604. The number of hydrogen-bond acceptors (Lipinski definition) is 2. The predicted octanol–water partition coefficient (Wildman–Crippen LogP) is 1.96. The van der Waals surface area contributed by atoms with Crippen molar-refractivity contribution in [1.29, 1.82) is 0 Å². The Labute approximate surface area is 112 Å². The van der Waals surface area contributed by atoms with E-state index < -0.39 is 0 Å². The number of piperidine rings is 1. The van der Waals surface area contributed by atoms with Crippen LogP contribution in [0.4, 0.5) is 0 Å². The SMILES string of the molecule is CCCCN1CCCCC1CN=C(N)NCCC. The molecule has 0 aliphatic carbocycles. The molecule has 1 unspecified atom stereocenters. The molecule has 1 rings (SSSR count). The lowest BCUT2D eigenvalue weighted by molar-refractivity contribution is 0.151. The van der Waals surface area contributed by atoms with Crippen LogP contribution in [-0.2, 0) is 0 Å². The summed E-state index contributed by atoms with van der Waals surface area (Å²) in [5, 5.41) is 3.14. The first kappa shape index (κ1) is 15.3. The molecular formula is C14H30N4. The molecule has 1 fully saturated rings. The van der Waals surface area contributed by atoms with Crippen molar-refractivity contribution in [3.63, 3.8) is 0 Å². The van der Waals surface area contributed by atoms with E-state index in [4.69, 9.17) is 5.73 Å². The van der Waals surface area contributed by atoms with Crippen LogP contribution in [0.2, 0.25) is 0 Å². The molecule has 4 nitrogen and oxygen atoms in total. The molecular weight excluding hydrogens is 224 g/mol. The largest absolute Gasteiger partial charge is 0.370 e. The molecule has 1 saturated heterocycles. The Bertz CT molecular complexity index is 240. The molecule has 1 atom stereocenters. The molecule has 4 heteroatoms. The first-order valence-corrected chi connectivity index (χ1v) is 7.55. The third-order valence-corrected chi connectivity index (χ3v) is 3.58. The Morgan fingerprint density at radius 2 is 2.17 bits per heavy atom. The zero-order chi connectivity index (χ0) is 13.2. The van der Waals surface area contributed by atoms with Crippen LogP contribution in [0.3, 0.4) is 0 Å². The standard InChI is InChI=1S/C14H30N4/c1-3-5-10-18-11-7-6-8-13(18)12-17-14(15)16-9-4-2/h13H,3-12H2,1-2H3,(H3,15,16,17). The van der Waals surface area contributed by atoms with Gasteiger partial charge in [-0.25, -0.2) is 0 Å². The number of unbranched alkanes of at least 4 members (excludes halogenated alkanes) is 1. The van der Waals surface area contributed by atoms with Crippen molar-refractivity contribution >= 4 is 5.96 Å². The highest BCUT2D eigenvalue weighted by Crippen LogP contribution is 2.17. The maximum Gasteiger partial charge on any atom is 0.188 e. The number of nitrogens with zero attached hydrogens (tertiary/aromatic N) is 2. The first-order valence-electron chi connectivity index (χ1n) is 7.55. The van der Waals surface area contributed by atoms with Crippen molar-refractivity contribution < 1.29 is 0 Å². The van der Waals surface area contributed by atoms with Gasteiger partial charge >= 0.3 is 0 Å². The molecule has 0 aromatic heterocycles. The van der Waals surface area contributed by atoms with Crippen LogP contribution in [0.1, 0.15) is 52.4 Å². The summed E-state index contributed by atoms with van der Waals surface area (Å²) in [5.41, 5.74) is 5.84. The minimum absolute atomic E-state index is 0.604. The van der Waals surface area contributed by atoms with Crippen LogP contribution in [0, 0.1) is 0 Å². The molecule has 0 saturated carbocycles.